The van der Waals surface area contributed by atoms with Crippen LogP contribution in [-0.4, -0.2) is 12.9 Å². The molecule has 0 amide bonds. The molecule has 0 aromatic heterocycles. The van der Waals surface area contributed by atoms with Crippen LogP contribution in [0.15, 0.2) is 30.4 Å². The predicted octanol–water partition coefficient (Wildman–Crippen LogP) is 4.92. The molecular weight excluding hydrogens is 296 g/mol. The highest BCUT2D eigenvalue weighted by Gasteiger charge is 2.56. The molecule has 1 saturated carbocycles. The van der Waals surface area contributed by atoms with E-state index in [1.807, 2.05) is 6.08 Å². The summed E-state index contributed by atoms with van der Waals surface area (Å²) in [5.41, 5.74) is 2.89. The summed E-state index contributed by atoms with van der Waals surface area (Å²) in [6, 6.07) is 6.64. The van der Waals surface area contributed by atoms with Crippen LogP contribution in [0.2, 0.25) is 0 Å². The van der Waals surface area contributed by atoms with Gasteiger partial charge in [-0.3, -0.25) is 4.79 Å². The number of methoxy groups -OCH3 is 1. The summed E-state index contributed by atoms with van der Waals surface area (Å²) in [6.45, 7) is 4.52. The zero-order valence-electron chi connectivity index (χ0n) is 15.0. The lowest BCUT2D eigenvalue weighted by atomic mass is 9.51. The predicted molar refractivity (Wildman–Crippen MR) is 96.3 cm³/mol. The number of ketones is 1. The van der Waals surface area contributed by atoms with Crippen LogP contribution in [-0.2, 0) is 11.2 Å². The van der Waals surface area contributed by atoms with Crippen LogP contribution in [0.25, 0.3) is 0 Å². The second-order valence-corrected chi connectivity index (χ2v) is 7.92. The molecule has 0 N–H and O–H groups in total. The van der Waals surface area contributed by atoms with E-state index >= 15 is 0 Å². The molecule has 2 nitrogen and oxygen atoms in total. The number of allylic oxidation sites excluding steroid dienone is 2. The standard InChI is InChI=1S/C22H28O2/c1-4-14-12-15-13-16(24-3)6-7-17(15)18-10-11-22(5-2)19(21(14)18)8-9-20(22)23/h6-9,13-14,18-19,21H,4-5,10-12H2,1-3H3/t14-,18-,19+,21-,22?/m1/s1. The van der Waals surface area contributed by atoms with E-state index in [2.05, 4.69) is 38.1 Å². The van der Waals surface area contributed by atoms with Crippen molar-refractivity contribution >= 4 is 5.78 Å². The van der Waals surface area contributed by atoms with E-state index in [4.69, 9.17) is 4.74 Å². The molecule has 0 aliphatic heterocycles. The third-order valence-electron chi connectivity index (χ3n) is 7.30. The first-order valence-electron chi connectivity index (χ1n) is 9.54. The van der Waals surface area contributed by atoms with E-state index in [9.17, 15) is 4.79 Å². The number of ether oxygens (including phenoxy) is 1. The van der Waals surface area contributed by atoms with Crippen molar-refractivity contribution in [3.05, 3.63) is 41.5 Å². The van der Waals surface area contributed by atoms with Gasteiger partial charge in [0.25, 0.3) is 0 Å². The van der Waals surface area contributed by atoms with Crippen molar-refractivity contribution in [1.82, 2.24) is 0 Å². The van der Waals surface area contributed by atoms with E-state index in [0.29, 0.717) is 29.5 Å². The topological polar surface area (TPSA) is 26.3 Å². The van der Waals surface area contributed by atoms with Crippen molar-refractivity contribution in [3.8, 4) is 5.75 Å². The highest BCUT2D eigenvalue weighted by atomic mass is 16.5. The van der Waals surface area contributed by atoms with Gasteiger partial charge in [-0.25, -0.2) is 0 Å². The Bertz CT molecular complexity index is 689. The SMILES string of the molecule is CC[C@@H]1Cc2cc(OC)ccc2[C@H]2CCC3(CC)C(=O)C=C[C@H]3[C@H]12. The first kappa shape index (κ1) is 15.9. The van der Waals surface area contributed by atoms with Gasteiger partial charge in [-0.05, 0) is 78.7 Å². The fourth-order valence-electron chi connectivity index (χ4n) is 6.00. The fourth-order valence-corrected chi connectivity index (χ4v) is 6.00. The summed E-state index contributed by atoms with van der Waals surface area (Å²) < 4.78 is 5.45. The lowest BCUT2D eigenvalue weighted by Crippen LogP contribution is -2.47. The zero-order chi connectivity index (χ0) is 16.9. The Hall–Kier alpha value is -1.57. The minimum Gasteiger partial charge on any atom is -0.497 e. The summed E-state index contributed by atoms with van der Waals surface area (Å²) in [6.07, 6.45) is 9.66. The molecule has 128 valence electrons. The van der Waals surface area contributed by atoms with E-state index < -0.39 is 0 Å². The minimum atomic E-state index is -0.0987. The zero-order valence-corrected chi connectivity index (χ0v) is 15.0. The Balaban J connectivity index is 1.78. The quantitative estimate of drug-likeness (QED) is 0.788. The van der Waals surface area contributed by atoms with Crippen LogP contribution in [0.3, 0.4) is 0 Å². The average Bonchev–Trinajstić information content (AvgIpc) is 2.97. The van der Waals surface area contributed by atoms with Gasteiger partial charge in [-0.2, -0.15) is 0 Å². The van der Waals surface area contributed by atoms with Gasteiger partial charge < -0.3 is 4.74 Å². The summed E-state index contributed by atoms with van der Waals surface area (Å²) in [5, 5.41) is 0. The number of carbonyl (C=O) groups excluding carboxylic acids is 1. The summed E-state index contributed by atoms with van der Waals surface area (Å²) in [5.74, 6) is 3.69. The molecule has 0 spiro atoms. The van der Waals surface area contributed by atoms with Crippen LogP contribution in [0.1, 0.15) is 56.6 Å². The lowest BCUT2D eigenvalue weighted by Gasteiger charge is -2.52. The number of carbonyl (C=O) groups is 1. The van der Waals surface area contributed by atoms with E-state index in [1.165, 1.54) is 17.5 Å². The first-order valence-corrected chi connectivity index (χ1v) is 9.54. The Morgan fingerprint density at radius 3 is 2.83 bits per heavy atom. The molecule has 4 rings (SSSR count). The van der Waals surface area contributed by atoms with Crippen molar-refractivity contribution in [1.29, 1.82) is 0 Å². The number of hydrogen-bond donors (Lipinski definition) is 0. The van der Waals surface area contributed by atoms with Crippen molar-refractivity contribution in [2.24, 2.45) is 23.2 Å². The van der Waals surface area contributed by atoms with Crippen molar-refractivity contribution in [2.75, 3.05) is 7.11 Å². The van der Waals surface area contributed by atoms with E-state index in [1.54, 1.807) is 7.11 Å². The molecule has 3 aliphatic carbocycles. The van der Waals surface area contributed by atoms with Gasteiger partial charge >= 0.3 is 0 Å². The minimum absolute atomic E-state index is 0.0987. The molecule has 0 heterocycles. The molecule has 24 heavy (non-hydrogen) atoms. The van der Waals surface area contributed by atoms with Crippen LogP contribution in [0.4, 0.5) is 0 Å². The smallest absolute Gasteiger partial charge is 0.162 e. The molecule has 0 saturated heterocycles. The van der Waals surface area contributed by atoms with Crippen LogP contribution in [0, 0.1) is 23.2 Å². The third-order valence-corrected chi connectivity index (χ3v) is 7.30. The van der Waals surface area contributed by atoms with Crippen LogP contribution in [0.5, 0.6) is 5.75 Å². The fraction of sp³-hybridized carbons (Fsp3) is 0.591. The number of benzene rings is 1. The average molecular weight is 324 g/mol. The molecule has 1 unspecified atom stereocenters. The number of rotatable bonds is 3. The van der Waals surface area contributed by atoms with Gasteiger partial charge in [-0.15, -0.1) is 0 Å². The van der Waals surface area contributed by atoms with Gasteiger partial charge in [0.05, 0.1) is 7.11 Å². The third kappa shape index (κ3) is 2.04. The molecular formula is C22H28O2. The summed E-state index contributed by atoms with van der Waals surface area (Å²) >= 11 is 0. The van der Waals surface area contributed by atoms with Crippen molar-refractivity contribution < 1.29 is 9.53 Å². The van der Waals surface area contributed by atoms with Crippen LogP contribution < -0.4 is 4.74 Å². The maximum Gasteiger partial charge on any atom is 0.162 e. The molecule has 0 radical (unpaired) electrons. The Morgan fingerprint density at radius 2 is 2.12 bits per heavy atom. The number of fused-ring (bicyclic) bond motifs is 5. The lowest BCUT2D eigenvalue weighted by molar-refractivity contribution is -0.129. The van der Waals surface area contributed by atoms with Gasteiger partial charge in [0, 0.05) is 5.41 Å². The second kappa shape index (κ2) is 5.75. The normalized spacial score (nSPS) is 36.9. The largest absolute Gasteiger partial charge is 0.497 e. The molecule has 5 atom stereocenters. The van der Waals surface area contributed by atoms with Crippen LogP contribution >= 0.6 is 0 Å². The Morgan fingerprint density at radius 1 is 1.29 bits per heavy atom. The maximum atomic E-state index is 12.7. The van der Waals surface area contributed by atoms with Gasteiger partial charge in [0.2, 0.25) is 0 Å². The van der Waals surface area contributed by atoms with Gasteiger partial charge in [-0.1, -0.05) is 32.4 Å². The highest BCUT2D eigenvalue weighted by Crippen LogP contribution is 2.60. The Kier molecular flexibility index (Phi) is 3.82. The molecule has 3 aliphatic rings. The maximum absolute atomic E-state index is 12.7. The molecule has 1 aromatic rings. The second-order valence-electron chi connectivity index (χ2n) is 7.92. The van der Waals surface area contributed by atoms with E-state index in [-0.39, 0.29) is 5.41 Å². The molecule has 1 fully saturated rings. The molecule has 1 aromatic carbocycles. The molecule has 0 bridgehead atoms. The Labute approximate surface area is 145 Å². The monoisotopic (exact) mass is 324 g/mol. The molecule has 2 heteroatoms. The van der Waals surface area contributed by atoms with Gasteiger partial charge in [0.15, 0.2) is 5.78 Å². The van der Waals surface area contributed by atoms with E-state index in [0.717, 1.165) is 31.4 Å². The van der Waals surface area contributed by atoms with Crippen molar-refractivity contribution in [2.45, 2.75) is 51.9 Å². The van der Waals surface area contributed by atoms with Crippen molar-refractivity contribution in [3.63, 3.8) is 0 Å². The summed E-state index contributed by atoms with van der Waals surface area (Å²) in [4.78, 5) is 12.7. The first-order chi connectivity index (χ1) is 11.6. The van der Waals surface area contributed by atoms with Gasteiger partial charge in [0.1, 0.15) is 5.75 Å². The highest BCUT2D eigenvalue weighted by molar-refractivity contribution is 5.98. The number of hydrogen-bond acceptors (Lipinski definition) is 2. The summed E-state index contributed by atoms with van der Waals surface area (Å²) in [7, 11) is 1.75.